The number of para-hydroxylation sites is 1. The van der Waals surface area contributed by atoms with E-state index in [1.54, 1.807) is 0 Å². The molecule has 2 fully saturated rings. The molecule has 0 radical (unpaired) electrons. The Kier molecular flexibility index (Phi) is 5.56. The average molecular weight is 380 g/mol. The van der Waals surface area contributed by atoms with Crippen LogP contribution >= 0.6 is 0 Å². The Morgan fingerprint density at radius 1 is 1.07 bits per heavy atom. The summed E-state index contributed by atoms with van der Waals surface area (Å²) >= 11 is 0. The van der Waals surface area contributed by atoms with Gasteiger partial charge in [-0.05, 0) is 43.2 Å². The molecular formula is C24H33N3O. The van der Waals surface area contributed by atoms with E-state index in [1.807, 2.05) is 30.3 Å². The van der Waals surface area contributed by atoms with Gasteiger partial charge in [0.05, 0.1) is 11.1 Å². The Morgan fingerprint density at radius 3 is 2.46 bits per heavy atom. The second-order valence-electron chi connectivity index (χ2n) is 9.10. The number of fused-ring (bicyclic) bond motifs is 1. The fourth-order valence-electron chi connectivity index (χ4n) is 5.17. The van der Waals surface area contributed by atoms with Crippen molar-refractivity contribution in [2.45, 2.75) is 58.4 Å². The van der Waals surface area contributed by atoms with Crippen LogP contribution in [-0.4, -0.2) is 42.0 Å². The maximum atomic E-state index is 13.5. The molecule has 150 valence electrons. The van der Waals surface area contributed by atoms with Crippen LogP contribution in [0.5, 0.6) is 0 Å². The van der Waals surface area contributed by atoms with Crippen LogP contribution in [0.2, 0.25) is 0 Å². The molecule has 1 aliphatic carbocycles. The van der Waals surface area contributed by atoms with E-state index < -0.39 is 0 Å². The van der Waals surface area contributed by atoms with Gasteiger partial charge in [-0.25, -0.2) is 4.98 Å². The highest BCUT2D eigenvalue weighted by Crippen LogP contribution is 2.30. The molecule has 0 N–H and O–H groups in total. The number of rotatable bonds is 3. The highest BCUT2D eigenvalue weighted by atomic mass is 16.2. The first-order valence-electron chi connectivity index (χ1n) is 10.9. The molecule has 28 heavy (non-hydrogen) atoms. The van der Waals surface area contributed by atoms with Gasteiger partial charge in [0.25, 0.3) is 5.91 Å². The minimum atomic E-state index is 0.162. The predicted molar refractivity (Wildman–Crippen MR) is 116 cm³/mol. The van der Waals surface area contributed by atoms with Gasteiger partial charge in [-0.2, -0.15) is 0 Å². The third-order valence-corrected chi connectivity index (χ3v) is 6.57. The van der Waals surface area contributed by atoms with Crippen LogP contribution in [0, 0.1) is 11.8 Å². The number of piperidine rings is 1. The summed E-state index contributed by atoms with van der Waals surface area (Å²) < 4.78 is 0. The number of hydrogen-bond donors (Lipinski definition) is 0. The summed E-state index contributed by atoms with van der Waals surface area (Å²) in [5.41, 5.74) is 1.73. The minimum absolute atomic E-state index is 0.162. The summed E-state index contributed by atoms with van der Waals surface area (Å²) in [6.07, 6.45) is 7.56. The molecular weight excluding hydrogens is 346 g/mol. The third-order valence-electron chi connectivity index (χ3n) is 6.57. The highest BCUT2D eigenvalue weighted by Gasteiger charge is 2.28. The molecule has 2 atom stereocenters. The molecule has 4 rings (SSSR count). The number of hydrogen-bond acceptors (Lipinski definition) is 3. The maximum Gasteiger partial charge on any atom is 0.254 e. The van der Waals surface area contributed by atoms with Gasteiger partial charge in [0, 0.05) is 31.6 Å². The number of nitrogens with zero attached hydrogens (tertiary/aromatic N) is 3. The summed E-state index contributed by atoms with van der Waals surface area (Å²) in [4.78, 5) is 22.8. The monoisotopic (exact) mass is 379 g/mol. The molecule has 1 aliphatic heterocycles. The largest absolute Gasteiger partial charge is 0.357 e. The molecule has 1 saturated heterocycles. The molecule has 4 nitrogen and oxygen atoms in total. The van der Waals surface area contributed by atoms with Crippen LogP contribution in [0.1, 0.15) is 62.7 Å². The number of carbonyl (C=O) groups is 1. The lowest BCUT2D eigenvalue weighted by Gasteiger charge is -2.36. The standard InChI is InChI=1S/C24H33N3O/c1-17-13-18(2)16-27(15-17)24(28)21-14-23(25-22-12-8-7-11-20(21)22)26(3)19-9-5-4-6-10-19/h7-8,11-12,14,17-19H,4-6,9-10,13,15-16H2,1-3H3. The van der Waals surface area contributed by atoms with Crippen molar-refractivity contribution in [3.8, 4) is 0 Å². The van der Waals surface area contributed by atoms with E-state index >= 15 is 0 Å². The van der Waals surface area contributed by atoms with Crippen molar-refractivity contribution >= 4 is 22.6 Å². The van der Waals surface area contributed by atoms with Crippen LogP contribution in [0.15, 0.2) is 30.3 Å². The summed E-state index contributed by atoms with van der Waals surface area (Å²) in [6, 6.07) is 10.7. The summed E-state index contributed by atoms with van der Waals surface area (Å²) in [5, 5.41) is 0.971. The molecule has 1 saturated carbocycles. The van der Waals surface area contributed by atoms with E-state index in [-0.39, 0.29) is 5.91 Å². The van der Waals surface area contributed by atoms with Gasteiger partial charge in [-0.1, -0.05) is 51.3 Å². The molecule has 2 aliphatic rings. The molecule has 1 aromatic heterocycles. The average Bonchev–Trinajstić information content (AvgIpc) is 2.71. The lowest BCUT2D eigenvalue weighted by atomic mass is 9.91. The zero-order valence-corrected chi connectivity index (χ0v) is 17.5. The number of benzene rings is 1. The number of amides is 1. The van der Waals surface area contributed by atoms with Gasteiger partial charge in [0.15, 0.2) is 0 Å². The Bertz CT molecular complexity index is 833. The van der Waals surface area contributed by atoms with Crippen LogP contribution in [0.3, 0.4) is 0 Å². The summed E-state index contributed by atoms with van der Waals surface area (Å²) in [5.74, 6) is 2.22. The topological polar surface area (TPSA) is 36.4 Å². The Labute approximate surface area is 168 Å². The molecule has 0 spiro atoms. The fraction of sp³-hybridized carbons (Fsp3) is 0.583. The number of carbonyl (C=O) groups excluding carboxylic acids is 1. The molecule has 2 unspecified atom stereocenters. The number of likely N-dealkylation sites (tertiary alicyclic amines) is 1. The minimum Gasteiger partial charge on any atom is -0.357 e. The Morgan fingerprint density at radius 2 is 1.75 bits per heavy atom. The first-order valence-corrected chi connectivity index (χ1v) is 10.9. The van der Waals surface area contributed by atoms with Gasteiger partial charge in [0.2, 0.25) is 0 Å². The Hall–Kier alpha value is -2.10. The molecule has 1 aromatic carbocycles. The van der Waals surface area contributed by atoms with E-state index in [4.69, 9.17) is 4.98 Å². The van der Waals surface area contributed by atoms with Gasteiger partial charge < -0.3 is 9.80 Å². The van der Waals surface area contributed by atoms with Crippen molar-refractivity contribution in [2.75, 3.05) is 25.0 Å². The summed E-state index contributed by atoms with van der Waals surface area (Å²) in [7, 11) is 2.15. The second kappa shape index (κ2) is 8.10. The lowest BCUT2D eigenvalue weighted by molar-refractivity contribution is 0.0625. The second-order valence-corrected chi connectivity index (χ2v) is 9.10. The zero-order valence-electron chi connectivity index (χ0n) is 17.5. The molecule has 2 heterocycles. The van der Waals surface area contributed by atoms with E-state index in [0.29, 0.717) is 17.9 Å². The third kappa shape index (κ3) is 3.87. The molecule has 0 bridgehead atoms. The summed E-state index contributed by atoms with van der Waals surface area (Å²) in [6.45, 7) is 6.22. The molecule has 4 heteroatoms. The van der Waals surface area contributed by atoms with Crippen LogP contribution in [0.4, 0.5) is 5.82 Å². The Balaban J connectivity index is 1.71. The van der Waals surface area contributed by atoms with Gasteiger partial charge in [-0.3, -0.25) is 4.79 Å². The SMILES string of the molecule is CC1CC(C)CN(C(=O)c2cc(N(C)C3CCCCC3)nc3ccccc23)C1. The number of anilines is 1. The van der Waals surface area contributed by atoms with Crippen LogP contribution in [-0.2, 0) is 0 Å². The quantitative estimate of drug-likeness (QED) is 0.742. The van der Waals surface area contributed by atoms with E-state index in [2.05, 4.69) is 30.7 Å². The first-order chi connectivity index (χ1) is 13.5. The lowest BCUT2D eigenvalue weighted by Crippen LogP contribution is -2.42. The van der Waals surface area contributed by atoms with E-state index in [0.717, 1.165) is 35.4 Å². The van der Waals surface area contributed by atoms with Crippen LogP contribution in [0.25, 0.3) is 10.9 Å². The molecule has 2 aromatic rings. The highest BCUT2D eigenvalue weighted by molar-refractivity contribution is 6.07. The van der Waals surface area contributed by atoms with Gasteiger partial charge in [-0.15, -0.1) is 0 Å². The molecule has 1 amide bonds. The van der Waals surface area contributed by atoms with Crippen molar-refractivity contribution in [2.24, 2.45) is 11.8 Å². The van der Waals surface area contributed by atoms with Crippen molar-refractivity contribution < 1.29 is 4.79 Å². The van der Waals surface area contributed by atoms with E-state index in [1.165, 1.54) is 38.5 Å². The van der Waals surface area contributed by atoms with Gasteiger partial charge in [0.1, 0.15) is 5.82 Å². The maximum absolute atomic E-state index is 13.5. The number of aromatic nitrogens is 1. The van der Waals surface area contributed by atoms with Crippen molar-refractivity contribution in [3.05, 3.63) is 35.9 Å². The van der Waals surface area contributed by atoms with Gasteiger partial charge >= 0.3 is 0 Å². The smallest absolute Gasteiger partial charge is 0.254 e. The fourth-order valence-corrected chi connectivity index (χ4v) is 5.17. The first kappa shape index (κ1) is 19.2. The number of pyridine rings is 1. The van der Waals surface area contributed by atoms with Crippen molar-refractivity contribution in [1.82, 2.24) is 9.88 Å². The van der Waals surface area contributed by atoms with Crippen molar-refractivity contribution in [1.29, 1.82) is 0 Å². The zero-order chi connectivity index (χ0) is 19.7. The van der Waals surface area contributed by atoms with Crippen molar-refractivity contribution in [3.63, 3.8) is 0 Å². The van der Waals surface area contributed by atoms with Crippen LogP contribution < -0.4 is 4.90 Å². The predicted octanol–water partition coefficient (Wildman–Crippen LogP) is 5.12. The normalized spacial score (nSPS) is 23.8. The van der Waals surface area contributed by atoms with E-state index in [9.17, 15) is 4.79 Å².